The lowest BCUT2D eigenvalue weighted by Crippen LogP contribution is -2.45. The van der Waals surface area contributed by atoms with Gasteiger partial charge in [0.2, 0.25) is 5.91 Å². The molecule has 0 aliphatic rings. The summed E-state index contributed by atoms with van der Waals surface area (Å²) in [5.41, 5.74) is 1.91. The van der Waals surface area contributed by atoms with Crippen LogP contribution in [0.1, 0.15) is 18.1 Å². The van der Waals surface area contributed by atoms with Crippen molar-refractivity contribution in [1.29, 1.82) is 0 Å². The zero-order valence-corrected chi connectivity index (χ0v) is 13.9. The van der Waals surface area contributed by atoms with Crippen molar-refractivity contribution in [1.82, 2.24) is 10.2 Å². The summed E-state index contributed by atoms with van der Waals surface area (Å²) >= 11 is 0. The molecule has 2 rings (SSSR count). The molecule has 0 fully saturated rings. The van der Waals surface area contributed by atoms with Gasteiger partial charge in [-0.3, -0.25) is 9.69 Å². The van der Waals surface area contributed by atoms with E-state index in [1.807, 2.05) is 60.7 Å². The van der Waals surface area contributed by atoms with Crippen LogP contribution >= 0.6 is 0 Å². The van der Waals surface area contributed by atoms with Gasteiger partial charge in [-0.15, -0.1) is 0 Å². The van der Waals surface area contributed by atoms with Crippen LogP contribution in [-0.2, 0) is 22.7 Å². The molecule has 5 nitrogen and oxygen atoms in total. The van der Waals surface area contributed by atoms with Gasteiger partial charge in [0.05, 0.1) is 0 Å². The highest BCUT2D eigenvalue weighted by atomic mass is 16.6. The van der Waals surface area contributed by atoms with Crippen LogP contribution in [0.4, 0.5) is 4.79 Å². The van der Waals surface area contributed by atoms with Gasteiger partial charge in [-0.2, -0.15) is 0 Å². The largest absolute Gasteiger partial charge is 0.445 e. The second kappa shape index (κ2) is 8.72. The Hall–Kier alpha value is -2.82. The maximum absolute atomic E-state index is 12.2. The third kappa shape index (κ3) is 5.12. The third-order valence-corrected chi connectivity index (χ3v) is 3.76. The molecule has 0 aliphatic carbocycles. The van der Waals surface area contributed by atoms with Crippen molar-refractivity contribution < 1.29 is 14.3 Å². The number of likely N-dealkylation sites (N-methyl/N-ethyl adjacent to an activating group) is 1. The van der Waals surface area contributed by atoms with Gasteiger partial charge in [0, 0.05) is 13.6 Å². The van der Waals surface area contributed by atoms with Crippen molar-refractivity contribution in [3.8, 4) is 0 Å². The molecule has 0 heterocycles. The highest BCUT2D eigenvalue weighted by Crippen LogP contribution is 2.05. The van der Waals surface area contributed by atoms with Crippen molar-refractivity contribution in [3.05, 3.63) is 71.8 Å². The number of benzene rings is 2. The SMILES string of the molecule is C[C@@H](C(=O)NCc1ccccc1)N(C)C(=O)OCc1ccccc1. The van der Waals surface area contributed by atoms with E-state index in [0.29, 0.717) is 6.54 Å². The average molecular weight is 326 g/mol. The lowest BCUT2D eigenvalue weighted by Gasteiger charge is -2.23. The highest BCUT2D eigenvalue weighted by molar-refractivity contribution is 5.85. The molecule has 1 atom stereocenters. The Labute approximate surface area is 142 Å². The van der Waals surface area contributed by atoms with Crippen LogP contribution in [0, 0.1) is 0 Å². The van der Waals surface area contributed by atoms with Gasteiger partial charge >= 0.3 is 6.09 Å². The fraction of sp³-hybridized carbons (Fsp3) is 0.263. The molecule has 0 aromatic heterocycles. The number of hydrogen-bond acceptors (Lipinski definition) is 3. The molecule has 0 saturated carbocycles. The molecular weight excluding hydrogens is 304 g/mol. The quantitative estimate of drug-likeness (QED) is 0.888. The molecule has 2 amide bonds. The minimum absolute atomic E-state index is 0.183. The third-order valence-electron chi connectivity index (χ3n) is 3.76. The monoisotopic (exact) mass is 326 g/mol. The van der Waals surface area contributed by atoms with E-state index < -0.39 is 12.1 Å². The molecular formula is C19H22N2O3. The van der Waals surface area contributed by atoms with Gasteiger partial charge in [-0.05, 0) is 18.1 Å². The summed E-state index contributed by atoms with van der Waals surface area (Å²) in [5.74, 6) is -0.224. The summed E-state index contributed by atoms with van der Waals surface area (Å²) < 4.78 is 5.23. The molecule has 0 unspecified atom stereocenters. The second-order valence-electron chi connectivity index (χ2n) is 5.53. The number of ether oxygens (including phenoxy) is 1. The number of nitrogens with zero attached hydrogens (tertiary/aromatic N) is 1. The maximum Gasteiger partial charge on any atom is 0.410 e. The Bertz CT molecular complexity index is 599. The van der Waals surface area contributed by atoms with Gasteiger partial charge in [0.15, 0.2) is 0 Å². The van der Waals surface area contributed by atoms with Crippen LogP contribution in [0.2, 0.25) is 0 Å². The molecule has 0 radical (unpaired) electrons. The first kappa shape index (κ1) is 17.5. The minimum atomic E-state index is -0.614. The summed E-state index contributed by atoms with van der Waals surface area (Å²) in [4.78, 5) is 25.5. The van der Waals surface area contributed by atoms with E-state index in [2.05, 4.69) is 5.32 Å². The Morgan fingerprint density at radius 1 is 1.00 bits per heavy atom. The number of hydrogen-bond donors (Lipinski definition) is 1. The average Bonchev–Trinajstić information content (AvgIpc) is 2.64. The van der Waals surface area contributed by atoms with Gasteiger partial charge in [0.1, 0.15) is 12.6 Å². The first-order chi connectivity index (χ1) is 11.6. The Morgan fingerprint density at radius 2 is 1.54 bits per heavy atom. The fourth-order valence-electron chi connectivity index (χ4n) is 2.09. The minimum Gasteiger partial charge on any atom is -0.445 e. The van der Waals surface area contributed by atoms with Crippen molar-refractivity contribution in [2.75, 3.05) is 7.05 Å². The van der Waals surface area contributed by atoms with Crippen LogP contribution in [0.5, 0.6) is 0 Å². The Morgan fingerprint density at radius 3 is 2.12 bits per heavy atom. The van der Waals surface area contributed by atoms with Gasteiger partial charge in [0.25, 0.3) is 0 Å². The summed E-state index contributed by atoms with van der Waals surface area (Å²) in [7, 11) is 1.56. The van der Waals surface area contributed by atoms with E-state index in [-0.39, 0.29) is 12.5 Å². The summed E-state index contributed by atoms with van der Waals surface area (Å²) in [5, 5.41) is 2.82. The predicted molar refractivity (Wildman–Crippen MR) is 92.1 cm³/mol. The van der Waals surface area contributed by atoms with Gasteiger partial charge < -0.3 is 10.1 Å². The van der Waals surface area contributed by atoms with Crippen LogP contribution in [0.3, 0.4) is 0 Å². The molecule has 2 aromatic carbocycles. The van der Waals surface area contributed by atoms with E-state index in [4.69, 9.17) is 4.74 Å². The predicted octanol–water partition coefficient (Wildman–Crippen LogP) is 2.96. The topological polar surface area (TPSA) is 58.6 Å². The van der Waals surface area contributed by atoms with E-state index in [1.165, 1.54) is 4.90 Å². The first-order valence-corrected chi connectivity index (χ1v) is 7.83. The van der Waals surface area contributed by atoms with Crippen LogP contribution in [0.25, 0.3) is 0 Å². The lowest BCUT2D eigenvalue weighted by atomic mass is 10.2. The number of nitrogens with one attached hydrogen (secondary N) is 1. The van der Waals surface area contributed by atoms with Crippen molar-refractivity contribution in [3.63, 3.8) is 0 Å². The van der Waals surface area contributed by atoms with E-state index in [1.54, 1.807) is 14.0 Å². The molecule has 0 aliphatic heterocycles. The van der Waals surface area contributed by atoms with Crippen LogP contribution in [-0.4, -0.2) is 30.0 Å². The highest BCUT2D eigenvalue weighted by Gasteiger charge is 2.23. The Kier molecular flexibility index (Phi) is 6.37. The normalized spacial score (nSPS) is 11.4. The van der Waals surface area contributed by atoms with Gasteiger partial charge in [-0.25, -0.2) is 4.79 Å². The number of carbonyl (C=O) groups is 2. The standard InChI is InChI=1S/C19H22N2O3/c1-15(18(22)20-13-16-9-5-3-6-10-16)21(2)19(23)24-14-17-11-7-4-8-12-17/h3-12,15H,13-14H2,1-2H3,(H,20,22)/t15-/m0/s1. The number of rotatable bonds is 6. The smallest absolute Gasteiger partial charge is 0.410 e. The Balaban J connectivity index is 1.80. The summed E-state index contributed by atoms with van der Waals surface area (Å²) in [6.45, 7) is 2.28. The molecule has 5 heteroatoms. The second-order valence-corrected chi connectivity index (χ2v) is 5.53. The molecule has 1 N–H and O–H groups in total. The van der Waals surface area contributed by atoms with Crippen molar-refractivity contribution >= 4 is 12.0 Å². The summed E-state index contributed by atoms with van der Waals surface area (Å²) in [6.07, 6.45) is -0.527. The van der Waals surface area contributed by atoms with Crippen LogP contribution in [0.15, 0.2) is 60.7 Å². The van der Waals surface area contributed by atoms with Crippen molar-refractivity contribution in [2.45, 2.75) is 26.1 Å². The van der Waals surface area contributed by atoms with Crippen LogP contribution < -0.4 is 5.32 Å². The zero-order chi connectivity index (χ0) is 17.4. The maximum atomic E-state index is 12.2. The summed E-state index contributed by atoms with van der Waals surface area (Å²) in [6, 6.07) is 18.4. The van der Waals surface area contributed by atoms with E-state index in [0.717, 1.165) is 11.1 Å². The first-order valence-electron chi connectivity index (χ1n) is 7.83. The molecule has 0 bridgehead atoms. The number of carbonyl (C=O) groups excluding carboxylic acids is 2. The van der Waals surface area contributed by atoms with Crippen molar-refractivity contribution in [2.24, 2.45) is 0 Å². The van der Waals surface area contributed by atoms with E-state index >= 15 is 0 Å². The molecule has 24 heavy (non-hydrogen) atoms. The zero-order valence-electron chi connectivity index (χ0n) is 13.9. The molecule has 2 aromatic rings. The van der Waals surface area contributed by atoms with E-state index in [9.17, 15) is 9.59 Å². The molecule has 0 spiro atoms. The van der Waals surface area contributed by atoms with Gasteiger partial charge in [-0.1, -0.05) is 60.7 Å². The molecule has 126 valence electrons. The number of amides is 2. The fourth-order valence-corrected chi connectivity index (χ4v) is 2.09. The lowest BCUT2D eigenvalue weighted by molar-refractivity contribution is -0.125. The molecule has 0 saturated heterocycles.